The average molecular weight is 216 g/mol. The molecular weight excluding hydrogens is 192 g/mol. The first-order valence-corrected chi connectivity index (χ1v) is 5.56. The second-order valence-electron chi connectivity index (χ2n) is 4.69. The smallest absolute Gasteiger partial charge is 0.322 e. The molecule has 0 spiro atoms. The van der Waals surface area contributed by atoms with Crippen molar-refractivity contribution in [2.45, 2.75) is 33.7 Å². The second-order valence-corrected chi connectivity index (χ2v) is 4.69. The minimum Gasteiger partial charge on any atom is -0.480 e. The van der Waals surface area contributed by atoms with Gasteiger partial charge in [0, 0.05) is 6.54 Å². The van der Waals surface area contributed by atoms with Crippen LogP contribution in [0, 0.1) is 17.8 Å². The number of rotatable bonds is 7. The number of aliphatic carboxylic acids is 1. The van der Waals surface area contributed by atoms with E-state index in [2.05, 4.69) is 33.0 Å². The van der Waals surface area contributed by atoms with Crippen LogP contribution < -0.4 is 11.1 Å². The molecule has 0 bridgehead atoms. The Bertz CT molecular complexity index is 185. The maximum absolute atomic E-state index is 10.7. The van der Waals surface area contributed by atoms with E-state index >= 15 is 0 Å². The molecule has 4 nitrogen and oxygen atoms in total. The van der Waals surface area contributed by atoms with Gasteiger partial charge >= 0.3 is 5.97 Å². The molecule has 0 fully saturated rings. The third kappa shape index (κ3) is 5.14. The van der Waals surface area contributed by atoms with E-state index < -0.39 is 12.0 Å². The molecule has 0 aliphatic carbocycles. The Labute approximate surface area is 92.2 Å². The molecule has 0 heterocycles. The number of hydrogen-bond donors (Lipinski definition) is 3. The van der Waals surface area contributed by atoms with Gasteiger partial charge in [-0.15, -0.1) is 0 Å². The van der Waals surface area contributed by atoms with Gasteiger partial charge in [-0.25, -0.2) is 0 Å². The van der Waals surface area contributed by atoms with Crippen molar-refractivity contribution in [3.05, 3.63) is 0 Å². The summed E-state index contributed by atoms with van der Waals surface area (Å²) in [4.78, 5) is 10.7. The molecule has 0 saturated heterocycles. The monoisotopic (exact) mass is 216 g/mol. The lowest BCUT2D eigenvalue weighted by Crippen LogP contribution is -2.45. The van der Waals surface area contributed by atoms with E-state index in [-0.39, 0.29) is 6.54 Å². The molecule has 0 amide bonds. The van der Waals surface area contributed by atoms with Crippen molar-refractivity contribution in [1.82, 2.24) is 5.32 Å². The number of carboxylic acids is 1. The number of carboxylic acid groups (broad SMARTS) is 1. The van der Waals surface area contributed by atoms with Crippen molar-refractivity contribution in [2.24, 2.45) is 23.5 Å². The SMILES string of the molecule is CC(C)C(CNC(CN)C(=O)O)C(C)C. The zero-order valence-corrected chi connectivity index (χ0v) is 10.2. The predicted molar refractivity (Wildman–Crippen MR) is 61.6 cm³/mol. The first-order valence-electron chi connectivity index (χ1n) is 5.56. The molecule has 0 aromatic heterocycles. The van der Waals surface area contributed by atoms with Crippen molar-refractivity contribution < 1.29 is 9.90 Å². The van der Waals surface area contributed by atoms with Crippen molar-refractivity contribution in [3.63, 3.8) is 0 Å². The topological polar surface area (TPSA) is 75.3 Å². The molecule has 1 atom stereocenters. The normalized spacial score (nSPS) is 13.9. The van der Waals surface area contributed by atoms with E-state index in [1.165, 1.54) is 0 Å². The third-order valence-electron chi connectivity index (χ3n) is 2.85. The van der Waals surface area contributed by atoms with Gasteiger partial charge < -0.3 is 16.2 Å². The van der Waals surface area contributed by atoms with Crippen LogP contribution in [0.5, 0.6) is 0 Å². The van der Waals surface area contributed by atoms with Crippen molar-refractivity contribution in [1.29, 1.82) is 0 Å². The fourth-order valence-electron chi connectivity index (χ4n) is 1.79. The molecule has 1 unspecified atom stereocenters. The fraction of sp³-hybridized carbons (Fsp3) is 0.909. The van der Waals surface area contributed by atoms with Crippen LogP contribution in [0.1, 0.15) is 27.7 Å². The summed E-state index contributed by atoms with van der Waals surface area (Å²) in [5.74, 6) is 0.705. The lowest BCUT2D eigenvalue weighted by atomic mass is 9.85. The summed E-state index contributed by atoms with van der Waals surface area (Å²) in [5, 5.41) is 11.8. The minimum atomic E-state index is -0.872. The number of nitrogens with one attached hydrogen (secondary N) is 1. The summed E-state index contributed by atoms with van der Waals surface area (Å²) in [7, 11) is 0. The highest BCUT2D eigenvalue weighted by Gasteiger charge is 2.21. The number of carbonyl (C=O) groups is 1. The summed E-state index contributed by atoms with van der Waals surface area (Å²) in [6.07, 6.45) is 0. The first kappa shape index (κ1) is 14.4. The van der Waals surface area contributed by atoms with E-state index in [1.54, 1.807) is 0 Å². The summed E-state index contributed by atoms with van der Waals surface area (Å²) in [6, 6.07) is -0.620. The fourth-order valence-corrected chi connectivity index (χ4v) is 1.79. The Balaban J connectivity index is 4.14. The van der Waals surface area contributed by atoms with E-state index in [9.17, 15) is 4.79 Å². The molecule has 4 N–H and O–H groups in total. The summed E-state index contributed by atoms with van der Waals surface area (Å²) in [6.45, 7) is 9.48. The Morgan fingerprint density at radius 2 is 1.73 bits per heavy atom. The van der Waals surface area contributed by atoms with Crippen LogP contribution in [0.25, 0.3) is 0 Å². The van der Waals surface area contributed by atoms with Crippen LogP contribution in [0.4, 0.5) is 0 Å². The highest BCUT2D eigenvalue weighted by molar-refractivity contribution is 5.73. The van der Waals surface area contributed by atoms with Crippen molar-refractivity contribution >= 4 is 5.97 Å². The van der Waals surface area contributed by atoms with Gasteiger partial charge in [0.1, 0.15) is 6.04 Å². The largest absolute Gasteiger partial charge is 0.480 e. The number of hydrogen-bond acceptors (Lipinski definition) is 3. The van der Waals surface area contributed by atoms with Crippen LogP contribution in [-0.2, 0) is 4.79 Å². The minimum absolute atomic E-state index is 0.137. The molecule has 0 rings (SSSR count). The molecular formula is C11H24N2O2. The molecule has 0 aromatic rings. The van der Waals surface area contributed by atoms with Crippen LogP contribution in [-0.4, -0.2) is 30.2 Å². The third-order valence-corrected chi connectivity index (χ3v) is 2.85. The van der Waals surface area contributed by atoms with Crippen LogP contribution in [0.2, 0.25) is 0 Å². The van der Waals surface area contributed by atoms with E-state index in [0.717, 1.165) is 0 Å². The zero-order valence-electron chi connectivity index (χ0n) is 10.2. The van der Waals surface area contributed by atoms with Gasteiger partial charge in [0.15, 0.2) is 0 Å². The molecule has 0 aliphatic rings. The molecule has 15 heavy (non-hydrogen) atoms. The van der Waals surface area contributed by atoms with Crippen molar-refractivity contribution in [3.8, 4) is 0 Å². The Hall–Kier alpha value is -0.610. The highest BCUT2D eigenvalue weighted by Crippen LogP contribution is 2.19. The van der Waals surface area contributed by atoms with Gasteiger partial charge in [-0.2, -0.15) is 0 Å². The summed E-state index contributed by atoms with van der Waals surface area (Å²) in [5.41, 5.74) is 5.37. The predicted octanol–water partition coefficient (Wildman–Crippen LogP) is 0.916. The molecule has 4 heteroatoms. The Kier molecular flexibility index (Phi) is 6.52. The summed E-state index contributed by atoms with van der Waals surface area (Å²) >= 11 is 0. The van der Waals surface area contributed by atoms with Gasteiger partial charge in [0.05, 0.1) is 0 Å². The standard InChI is InChI=1S/C11H24N2O2/c1-7(2)9(8(3)4)6-13-10(5-12)11(14)15/h7-10,13H,5-6,12H2,1-4H3,(H,14,15). The quantitative estimate of drug-likeness (QED) is 0.591. The van der Waals surface area contributed by atoms with Gasteiger partial charge in [-0.05, 0) is 24.3 Å². The van der Waals surface area contributed by atoms with Crippen LogP contribution in [0.3, 0.4) is 0 Å². The van der Waals surface area contributed by atoms with Gasteiger partial charge in [-0.3, -0.25) is 4.79 Å². The molecule has 0 radical (unpaired) electrons. The van der Waals surface area contributed by atoms with Gasteiger partial charge in [-0.1, -0.05) is 27.7 Å². The van der Waals surface area contributed by atoms with Gasteiger partial charge in [0.25, 0.3) is 0 Å². The first-order chi connectivity index (χ1) is 6.90. The van der Waals surface area contributed by atoms with Gasteiger partial charge in [0.2, 0.25) is 0 Å². The Morgan fingerprint density at radius 3 is 2.00 bits per heavy atom. The molecule has 0 aromatic carbocycles. The summed E-state index contributed by atoms with van der Waals surface area (Å²) < 4.78 is 0. The molecule has 90 valence electrons. The Morgan fingerprint density at radius 1 is 1.27 bits per heavy atom. The van der Waals surface area contributed by atoms with E-state index in [0.29, 0.717) is 24.3 Å². The lowest BCUT2D eigenvalue weighted by molar-refractivity contribution is -0.139. The van der Waals surface area contributed by atoms with E-state index in [1.807, 2.05) is 0 Å². The maximum atomic E-state index is 10.7. The van der Waals surface area contributed by atoms with E-state index in [4.69, 9.17) is 10.8 Å². The molecule has 0 saturated carbocycles. The number of nitrogens with two attached hydrogens (primary N) is 1. The second kappa shape index (κ2) is 6.80. The highest BCUT2D eigenvalue weighted by atomic mass is 16.4. The maximum Gasteiger partial charge on any atom is 0.322 e. The molecule has 0 aliphatic heterocycles. The van der Waals surface area contributed by atoms with Crippen LogP contribution in [0.15, 0.2) is 0 Å². The zero-order chi connectivity index (χ0) is 12.0. The van der Waals surface area contributed by atoms with Crippen LogP contribution >= 0.6 is 0 Å². The average Bonchev–Trinajstić information content (AvgIpc) is 2.10. The lowest BCUT2D eigenvalue weighted by Gasteiger charge is -2.26. The van der Waals surface area contributed by atoms with Crippen molar-refractivity contribution in [2.75, 3.05) is 13.1 Å².